The first-order chi connectivity index (χ1) is 10.3. The van der Waals surface area contributed by atoms with Crippen LogP contribution in [-0.2, 0) is 11.2 Å². The number of carbonyl (C=O) groups excluding carboxylic acids is 1. The van der Waals surface area contributed by atoms with Crippen molar-refractivity contribution in [2.24, 2.45) is 0 Å². The minimum Gasteiger partial charge on any atom is -0.338 e. The quantitative estimate of drug-likeness (QED) is 0.834. The predicted molar refractivity (Wildman–Crippen MR) is 87.6 cm³/mol. The molecule has 2 aliphatic heterocycles. The third kappa shape index (κ3) is 3.32. The number of amides is 1. The Morgan fingerprint density at radius 2 is 2.10 bits per heavy atom. The molecule has 1 aromatic rings. The molecule has 0 unspecified atom stereocenters. The fraction of sp³-hybridized carbons (Fsp3) is 0.706. The fourth-order valence-corrected chi connectivity index (χ4v) is 4.72. The van der Waals surface area contributed by atoms with Crippen LogP contribution in [0, 0.1) is 0 Å². The molecule has 0 radical (unpaired) electrons. The number of likely N-dealkylation sites (tertiary alicyclic amines) is 2. The number of nitrogens with zero attached hydrogens (tertiary/aromatic N) is 2. The van der Waals surface area contributed by atoms with Gasteiger partial charge in [0.2, 0.25) is 5.91 Å². The van der Waals surface area contributed by atoms with Crippen LogP contribution in [-0.4, -0.2) is 47.4 Å². The van der Waals surface area contributed by atoms with Gasteiger partial charge in [-0.15, -0.1) is 11.3 Å². The van der Waals surface area contributed by atoms with E-state index in [-0.39, 0.29) is 0 Å². The van der Waals surface area contributed by atoms with Crippen molar-refractivity contribution < 1.29 is 4.79 Å². The molecular formula is C17H26N2OS. The van der Waals surface area contributed by atoms with Crippen LogP contribution in [0.25, 0.3) is 0 Å². The lowest BCUT2D eigenvalue weighted by Crippen LogP contribution is -2.48. The van der Waals surface area contributed by atoms with E-state index in [1.807, 2.05) is 0 Å². The van der Waals surface area contributed by atoms with E-state index in [2.05, 4.69) is 34.2 Å². The molecule has 1 aromatic heterocycles. The van der Waals surface area contributed by atoms with Gasteiger partial charge >= 0.3 is 0 Å². The van der Waals surface area contributed by atoms with E-state index in [0.717, 1.165) is 19.5 Å². The van der Waals surface area contributed by atoms with Gasteiger partial charge in [-0.3, -0.25) is 9.69 Å². The summed E-state index contributed by atoms with van der Waals surface area (Å²) in [4.78, 5) is 18.7. The summed E-state index contributed by atoms with van der Waals surface area (Å²) >= 11 is 1.76. The third-order valence-electron chi connectivity index (χ3n) is 5.05. The summed E-state index contributed by atoms with van der Waals surface area (Å²) in [6, 6.07) is 5.29. The summed E-state index contributed by atoms with van der Waals surface area (Å²) in [6.07, 6.45) is 6.53. The molecule has 0 saturated carbocycles. The number of aryl methyl sites for hydroxylation is 1. The van der Waals surface area contributed by atoms with Gasteiger partial charge in [-0.2, -0.15) is 0 Å². The van der Waals surface area contributed by atoms with Gasteiger partial charge in [0, 0.05) is 29.9 Å². The highest BCUT2D eigenvalue weighted by Crippen LogP contribution is 2.30. The molecule has 0 bridgehead atoms. The van der Waals surface area contributed by atoms with Gasteiger partial charge in [0.15, 0.2) is 0 Å². The van der Waals surface area contributed by atoms with Crippen LogP contribution in [0.4, 0.5) is 0 Å². The minimum atomic E-state index is 0.369. The first-order valence-electron chi connectivity index (χ1n) is 8.35. The molecule has 116 valence electrons. The van der Waals surface area contributed by atoms with E-state index in [4.69, 9.17) is 0 Å². The number of carbonyl (C=O) groups is 1. The van der Waals surface area contributed by atoms with Gasteiger partial charge < -0.3 is 4.90 Å². The second kappa shape index (κ2) is 6.93. The van der Waals surface area contributed by atoms with Crippen molar-refractivity contribution in [3.8, 4) is 0 Å². The molecular weight excluding hydrogens is 280 g/mol. The molecule has 1 amide bonds. The topological polar surface area (TPSA) is 23.6 Å². The maximum Gasteiger partial charge on any atom is 0.223 e. The van der Waals surface area contributed by atoms with Crippen molar-refractivity contribution in [1.82, 2.24) is 9.80 Å². The normalized spacial score (nSPS) is 26.6. The van der Waals surface area contributed by atoms with Gasteiger partial charge in [-0.25, -0.2) is 0 Å². The second-order valence-corrected chi connectivity index (χ2v) is 7.25. The Labute approximate surface area is 131 Å². The minimum absolute atomic E-state index is 0.369. The van der Waals surface area contributed by atoms with Gasteiger partial charge in [-0.05, 0) is 56.6 Å². The lowest BCUT2D eigenvalue weighted by molar-refractivity contribution is -0.133. The molecule has 21 heavy (non-hydrogen) atoms. The van der Waals surface area contributed by atoms with E-state index in [1.165, 1.54) is 37.1 Å². The highest BCUT2D eigenvalue weighted by atomic mass is 32.1. The van der Waals surface area contributed by atoms with Crippen LogP contribution in [0.3, 0.4) is 0 Å². The van der Waals surface area contributed by atoms with Crippen molar-refractivity contribution in [3.05, 3.63) is 22.4 Å². The Balaban J connectivity index is 1.59. The lowest BCUT2D eigenvalue weighted by atomic mass is 10.0. The summed E-state index contributed by atoms with van der Waals surface area (Å²) in [5.41, 5.74) is 0. The zero-order chi connectivity index (χ0) is 14.7. The van der Waals surface area contributed by atoms with Crippen LogP contribution in [0.15, 0.2) is 17.5 Å². The molecule has 3 heterocycles. The van der Waals surface area contributed by atoms with Gasteiger partial charge in [0.1, 0.15) is 0 Å². The molecule has 2 fully saturated rings. The summed E-state index contributed by atoms with van der Waals surface area (Å²) < 4.78 is 0. The van der Waals surface area contributed by atoms with Crippen LogP contribution in [0.2, 0.25) is 0 Å². The summed E-state index contributed by atoms with van der Waals surface area (Å²) in [5.74, 6) is 0.369. The number of hydrogen-bond acceptors (Lipinski definition) is 3. The van der Waals surface area contributed by atoms with E-state index in [0.29, 0.717) is 24.4 Å². The number of hydrogen-bond donors (Lipinski definition) is 0. The van der Waals surface area contributed by atoms with Crippen LogP contribution < -0.4 is 0 Å². The third-order valence-corrected chi connectivity index (χ3v) is 5.99. The maximum absolute atomic E-state index is 12.6. The molecule has 0 spiro atoms. The second-order valence-electron chi connectivity index (χ2n) is 6.21. The van der Waals surface area contributed by atoms with Crippen LogP contribution in [0.1, 0.15) is 43.9 Å². The fourth-order valence-electron chi connectivity index (χ4n) is 4.01. The van der Waals surface area contributed by atoms with Gasteiger partial charge in [-0.1, -0.05) is 13.0 Å². The Kier molecular flexibility index (Phi) is 4.96. The molecule has 2 saturated heterocycles. The Bertz CT molecular complexity index is 459. The van der Waals surface area contributed by atoms with Crippen molar-refractivity contribution >= 4 is 17.2 Å². The van der Waals surface area contributed by atoms with E-state index in [1.54, 1.807) is 11.3 Å². The van der Waals surface area contributed by atoms with E-state index < -0.39 is 0 Å². The van der Waals surface area contributed by atoms with Crippen molar-refractivity contribution in [3.63, 3.8) is 0 Å². The summed E-state index contributed by atoms with van der Waals surface area (Å²) in [6.45, 7) is 5.56. The Morgan fingerprint density at radius 3 is 2.86 bits per heavy atom. The van der Waals surface area contributed by atoms with Gasteiger partial charge in [0.25, 0.3) is 0 Å². The number of likely N-dealkylation sites (N-methyl/N-ethyl adjacent to an activating group) is 1. The summed E-state index contributed by atoms with van der Waals surface area (Å²) in [7, 11) is 0. The van der Waals surface area contributed by atoms with E-state index >= 15 is 0 Å². The van der Waals surface area contributed by atoms with Crippen molar-refractivity contribution in [1.29, 1.82) is 0 Å². The van der Waals surface area contributed by atoms with E-state index in [9.17, 15) is 4.79 Å². The average Bonchev–Trinajstić information content (AvgIpc) is 3.23. The van der Waals surface area contributed by atoms with Crippen molar-refractivity contribution in [2.45, 2.75) is 57.5 Å². The zero-order valence-corrected chi connectivity index (χ0v) is 13.8. The highest BCUT2D eigenvalue weighted by Gasteiger charge is 2.38. The maximum atomic E-state index is 12.6. The standard InChI is InChI=1S/C17H26N2OS/c1-2-18-11-3-7-15(18)16-8-4-12-19(16)17(20)10-9-14-6-5-13-21-14/h5-6,13,15-16H,2-4,7-12H2,1H3/t15-,16-/m1/s1. The number of thiophene rings is 1. The Hall–Kier alpha value is -0.870. The Morgan fingerprint density at radius 1 is 1.29 bits per heavy atom. The first-order valence-corrected chi connectivity index (χ1v) is 9.23. The summed E-state index contributed by atoms with van der Waals surface area (Å²) in [5, 5.41) is 2.09. The SMILES string of the molecule is CCN1CCC[C@@H]1[C@H]1CCCN1C(=O)CCc1cccs1. The molecule has 4 heteroatoms. The largest absolute Gasteiger partial charge is 0.338 e. The lowest BCUT2D eigenvalue weighted by Gasteiger charge is -2.34. The predicted octanol–water partition coefficient (Wildman–Crippen LogP) is 3.16. The molecule has 3 nitrogen and oxygen atoms in total. The first kappa shape index (κ1) is 15.0. The van der Waals surface area contributed by atoms with Crippen LogP contribution in [0.5, 0.6) is 0 Å². The molecule has 0 aliphatic carbocycles. The molecule has 2 aliphatic rings. The molecule has 3 rings (SSSR count). The highest BCUT2D eigenvalue weighted by molar-refractivity contribution is 7.09. The molecule has 0 aromatic carbocycles. The molecule has 0 N–H and O–H groups in total. The van der Waals surface area contributed by atoms with Crippen LogP contribution >= 0.6 is 11.3 Å². The molecule has 2 atom stereocenters. The monoisotopic (exact) mass is 306 g/mol. The smallest absolute Gasteiger partial charge is 0.223 e. The average molecular weight is 306 g/mol. The van der Waals surface area contributed by atoms with Crippen molar-refractivity contribution in [2.75, 3.05) is 19.6 Å². The number of rotatable bonds is 5. The van der Waals surface area contributed by atoms with Gasteiger partial charge in [0.05, 0.1) is 0 Å². The zero-order valence-electron chi connectivity index (χ0n) is 13.0.